The molecule has 0 aliphatic carbocycles. The van der Waals surface area contributed by atoms with Gasteiger partial charge in [-0.3, -0.25) is 4.79 Å². The Kier molecular flexibility index (Phi) is 4.65. The molecule has 0 spiro atoms. The van der Waals surface area contributed by atoms with Gasteiger partial charge in [0.1, 0.15) is 0 Å². The number of hydrogen-bond acceptors (Lipinski definition) is 4. The zero-order valence-electron chi connectivity index (χ0n) is 11.2. The van der Waals surface area contributed by atoms with Crippen LogP contribution in [0.5, 0.6) is 0 Å². The largest absolute Gasteiger partial charge is 0.449 e. The lowest BCUT2D eigenvalue weighted by molar-refractivity contribution is -0.129. The Morgan fingerprint density at radius 1 is 1.45 bits per heavy atom. The predicted octanol–water partition coefficient (Wildman–Crippen LogP) is 2.17. The monoisotopic (exact) mass is 340 g/mol. The maximum Gasteiger partial charge on any atom is 0.339 e. The number of nitrogens with one attached hydrogen (secondary N) is 1. The third kappa shape index (κ3) is 3.30. The van der Waals surface area contributed by atoms with Gasteiger partial charge in [-0.2, -0.15) is 0 Å². The number of esters is 1. The second-order valence-electron chi connectivity index (χ2n) is 4.85. The molecule has 1 amide bonds. The Hall–Kier alpha value is -1.56. The van der Waals surface area contributed by atoms with Gasteiger partial charge >= 0.3 is 5.97 Å². The Morgan fingerprint density at radius 3 is 2.95 bits per heavy atom. The SMILES string of the molecule is Cc1c(N)cc(Br)cc1C(=O)OC1CCCCNC1=O. The summed E-state index contributed by atoms with van der Waals surface area (Å²) < 4.78 is 6.04. The first-order valence-corrected chi connectivity index (χ1v) is 7.32. The molecule has 1 fully saturated rings. The van der Waals surface area contributed by atoms with Gasteiger partial charge in [0.25, 0.3) is 5.91 Å². The lowest BCUT2D eigenvalue weighted by Gasteiger charge is -2.16. The van der Waals surface area contributed by atoms with Crippen LogP contribution >= 0.6 is 15.9 Å². The van der Waals surface area contributed by atoms with Crippen molar-refractivity contribution in [3.63, 3.8) is 0 Å². The Morgan fingerprint density at radius 2 is 2.20 bits per heavy atom. The van der Waals surface area contributed by atoms with Gasteiger partial charge in [-0.25, -0.2) is 4.79 Å². The molecule has 1 heterocycles. The molecule has 2 rings (SSSR count). The van der Waals surface area contributed by atoms with Crippen molar-refractivity contribution in [2.45, 2.75) is 32.3 Å². The van der Waals surface area contributed by atoms with Crippen LogP contribution in [0.25, 0.3) is 0 Å². The van der Waals surface area contributed by atoms with Crippen molar-refractivity contribution < 1.29 is 14.3 Å². The summed E-state index contributed by atoms with van der Waals surface area (Å²) in [5.41, 5.74) is 7.38. The second kappa shape index (κ2) is 6.26. The molecule has 5 nitrogen and oxygen atoms in total. The van der Waals surface area contributed by atoms with E-state index in [9.17, 15) is 9.59 Å². The van der Waals surface area contributed by atoms with Crippen molar-refractivity contribution in [1.82, 2.24) is 5.32 Å². The van der Waals surface area contributed by atoms with Crippen LogP contribution in [-0.2, 0) is 9.53 Å². The number of hydrogen-bond donors (Lipinski definition) is 2. The van der Waals surface area contributed by atoms with E-state index in [1.807, 2.05) is 0 Å². The molecule has 1 aromatic carbocycles. The summed E-state index contributed by atoms with van der Waals surface area (Å²) in [6.45, 7) is 2.39. The fraction of sp³-hybridized carbons (Fsp3) is 0.429. The zero-order chi connectivity index (χ0) is 14.7. The lowest BCUT2D eigenvalue weighted by atomic mass is 10.1. The second-order valence-corrected chi connectivity index (χ2v) is 5.76. The zero-order valence-corrected chi connectivity index (χ0v) is 12.8. The summed E-state index contributed by atoms with van der Waals surface area (Å²) in [4.78, 5) is 24.0. The summed E-state index contributed by atoms with van der Waals surface area (Å²) in [7, 11) is 0. The van der Waals surface area contributed by atoms with E-state index in [1.165, 1.54) is 0 Å². The van der Waals surface area contributed by atoms with Gasteiger partial charge in [-0.05, 0) is 43.9 Å². The molecule has 0 aromatic heterocycles. The molecule has 0 radical (unpaired) electrons. The average Bonchev–Trinajstić information content (AvgIpc) is 2.59. The highest BCUT2D eigenvalue weighted by atomic mass is 79.9. The number of anilines is 1. The van der Waals surface area contributed by atoms with Gasteiger partial charge in [-0.1, -0.05) is 15.9 Å². The molecule has 108 valence electrons. The predicted molar refractivity (Wildman–Crippen MR) is 79.4 cm³/mol. The summed E-state index contributed by atoms with van der Waals surface area (Å²) >= 11 is 3.30. The topological polar surface area (TPSA) is 81.4 Å². The minimum absolute atomic E-state index is 0.225. The summed E-state index contributed by atoms with van der Waals surface area (Å²) in [5, 5.41) is 2.74. The van der Waals surface area contributed by atoms with Crippen molar-refractivity contribution >= 4 is 33.5 Å². The summed E-state index contributed by atoms with van der Waals surface area (Å²) in [6.07, 6.45) is 1.60. The van der Waals surface area contributed by atoms with Crippen LogP contribution in [0.4, 0.5) is 5.69 Å². The fourth-order valence-corrected chi connectivity index (χ4v) is 2.60. The molecule has 1 aliphatic heterocycles. The number of rotatable bonds is 2. The van der Waals surface area contributed by atoms with E-state index in [4.69, 9.17) is 10.5 Å². The van der Waals surface area contributed by atoms with Crippen LogP contribution in [0.2, 0.25) is 0 Å². The molecule has 1 aromatic rings. The number of nitrogen functional groups attached to an aromatic ring is 1. The first-order chi connectivity index (χ1) is 9.49. The van der Waals surface area contributed by atoms with E-state index >= 15 is 0 Å². The van der Waals surface area contributed by atoms with Gasteiger partial charge < -0.3 is 15.8 Å². The van der Waals surface area contributed by atoms with Crippen LogP contribution in [0, 0.1) is 6.92 Å². The molecule has 20 heavy (non-hydrogen) atoms. The summed E-state index contributed by atoms with van der Waals surface area (Å²) in [6, 6.07) is 3.38. The molecule has 6 heteroatoms. The van der Waals surface area contributed by atoms with Gasteiger partial charge in [0.2, 0.25) is 0 Å². The summed E-state index contributed by atoms with van der Waals surface area (Å²) in [5.74, 6) is -0.742. The lowest BCUT2D eigenvalue weighted by Crippen LogP contribution is -2.36. The number of benzene rings is 1. The Labute approximate surface area is 126 Å². The van der Waals surface area contributed by atoms with Crippen molar-refractivity contribution in [2.75, 3.05) is 12.3 Å². The Balaban J connectivity index is 2.17. The van der Waals surface area contributed by atoms with Crippen LogP contribution in [0.15, 0.2) is 16.6 Å². The van der Waals surface area contributed by atoms with Crippen LogP contribution in [-0.4, -0.2) is 24.5 Å². The maximum absolute atomic E-state index is 12.2. The highest BCUT2D eigenvalue weighted by Crippen LogP contribution is 2.24. The third-order valence-corrected chi connectivity index (χ3v) is 3.82. The van der Waals surface area contributed by atoms with Crippen LogP contribution < -0.4 is 11.1 Å². The number of amides is 1. The van der Waals surface area contributed by atoms with Crippen molar-refractivity contribution in [2.24, 2.45) is 0 Å². The normalized spacial score (nSPS) is 19.1. The third-order valence-electron chi connectivity index (χ3n) is 3.37. The molecule has 1 unspecified atom stereocenters. The minimum Gasteiger partial charge on any atom is -0.449 e. The molecular formula is C14H17BrN2O3. The molecule has 1 saturated heterocycles. The minimum atomic E-state index is -0.718. The van der Waals surface area contributed by atoms with Gasteiger partial charge in [0.05, 0.1) is 5.56 Å². The van der Waals surface area contributed by atoms with Gasteiger partial charge in [0.15, 0.2) is 6.10 Å². The van der Waals surface area contributed by atoms with E-state index in [-0.39, 0.29) is 5.91 Å². The molecule has 1 aliphatic rings. The molecule has 1 atom stereocenters. The van der Waals surface area contributed by atoms with Crippen molar-refractivity contribution in [3.05, 3.63) is 27.7 Å². The van der Waals surface area contributed by atoms with E-state index in [2.05, 4.69) is 21.2 Å². The van der Waals surface area contributed by atoms with E-state index in [0.717, 1.165) is 12.8 Å². The number of ether oxygens (including phenoxy) is 1. The van der Waals surface area contributed by atoms with Crippen molar-refractivity contribution in [3.8, 4) is 0 Å². The average molecular weight is 341 g/mol. The maximum atomic E-state index is 12.2. The number of carbonyl (C=O) groups excluding carboxylic acids is 2. The molecule has 3 N–H and O–H groups in total. The highest BCUT2D eigenvalue weighted by Gasteiger charge is 2.26. The van der Waals surface area contributed by atoms with Crippen molar-refractivity contribution in [1.29, 1.82) is 0 Å². The van der Waals surface area contributed by atoms with E-state index < -0.39 is 12.1 Å². The number of nitrogens with two attached hydrogens (primary N) is 1. The number of carbonyl (C=O) groups is 2. The fourth-order valence-electron chi connectivity index (χ4n) is 2.13. The molecule has 0 saturated carbocycles. The number of halogens is 1. The Bertz CT molecular complexity index is 545. The van der Waals surface area contributed by atoms with E-state index in [0.29, 0.717) is 34.3 Å². The van der Waals surface area contributed by atoms with Gasteiger partial charge in [0, 0.05) is 16.7 Å². The molecular weight excluding hydrogens is 324 g/mol. The smallest absolute Gasteiger partial charge is 0.339 e. The quantitative estimate of drug-likeness (QED) is 0.638. The first kappa shape index (κ1) is 14.8. The van der Waals surface area contributed by atoms with Crippen LogP contribution in [0.1, 0.15) is 35.2 Å². The van der Waals surface area contributed by atoms with Crippen LogP contribution in [0.3, 0.4) is 0 Å². The van der Waals surface area contributed by atoms with Gasteiger partial charge in [-0.15, -0.1) is 0 Å². The van der Waals surface area contributed by atoms with E-state index in [1.54, 1.807) is 19.1 Å². The standard InChI is InChI=1S/C14H17BrN2O3/c1-8-10(6-9(15)7-11(8)16)14(19)20-12-4-2-3-5-17-13(12)18/h6-7,12H,2-5,16H2,1H3,(H,17,18). The first-order valence-electron chi connectivity index (χ1n) is 6.53. The molecule has 0 bridgehead atoms. The highest BCUT2D eigenvalue weighted by molar-refractivity contribution is 9.10.